The van der Waals surface area contributed by atoms with Gasteiger partial charge in [0.1, 0.15) is 23.1 Å². The van der Waals surface area contributed by atoms with Gasteiger partial charge in [-0.1, -0.05) is 36.4 Å². The third kappa shape index (κ3) is 4.61. The molecule has 0 bridgehead atoms. The molecular weight excluding hydrogens is 340 g/mol. The van der Waals surface area contributed by atoms with Crippen LogP contribution in [0, 0.1) is 13.8 Å². The molecule has 0 aliphatic carbocycles. The van der Waals surface area contributed by atoms with E-state index in [4.69, 9.17) is 4.74 Å². The smallest absolute Gasteiger partial charge is 0.270 e. The van der Waals surface area contributed by atoms with E-state index in [-0.39, 0.29) is 5.91 Å². The van der Waals surface area contributed by atoms with E-state index in [0.717, 1.165) is 16.8 Å². The van der Waals surface area contributed by atoms with Gasteiger partial charge in [0, 0.05) is 12.6 Å². The Morgan fingerprint density at radius 1 is 1.04 bits per heavy atom. The zero-order chi connectivity index (χ0) is 19.2. The third-order valence-electron chi connectivity index (χ3n) is 4.14. The Labute approximate surface area is 158 Å². The highest BCUT2D eigenvalue weighted by molar-refractivity contribution is 5.93. The summed E-state index contributed by atoms with van der Waals surface area (Å²) < 4.78 is 5.34. The maximum atomic E-state index is 12.6. The van der Waals surface area contributed by atoms with Crippen LogP contribution in [-0.4, -0.2) is 23.0 Å². The Balaban J connectivity index is 1.76. The molecule has 1 heterocycles. The maximum Gasteiger partial charge on any atom is 0.270 e. The number of aryl methyl sites for hydroxylation is 2. The first kappa shape index (κ1) is 18.4. The standard InChI is InChI=1S/C21H22N4O2/c1-14-8-4-5-9-16(14)13-22-21(26)18-12-20(24-15(2)23-18)25-17-10-6-7-11-19(17)27-3/h4-12H,13H2,1-3H3,(H,22,26)(H,23,24,25). The molecule has 0 fully saturated rings. The first-order valence-corrected chi connectivity index (χ1v) is 8.65. The number of benzene rings is 2. The van der Waals surface area contributed by atoms with Crippen molar-refractivity contribution in [2.75, 3.05) is 12.4 Å². The van der Waals surface area contributed by atoms with Gasteiger partial charge >= 0.3 is 0 Å². The summed E-state index contributed by atoms with van der Waals surface area (Å²) in [6.07, 6.45) is 0. The number of nitrogens with one attached hydrogen (secondary N) is 2. The van der Waals surface area contributed by atoms with Crippen molar-refractivity contribution in [2.45, 2.75) is 20.4 Å². The lowest BCUT2D eigenvalue weighted by Gasteiger charge is -2.12. The lowest BCUT2D eigenvalue weighted by atomic mass is 10.1. The van der Waals surface area contributed by atoms with Crippen LogP contribution in [-0.2, 0) is 6.54 Å². The van der Waals surface area contributed by atoms with Crippen LogP contribution in [0.1, 0.15) is 27.4 Å². The summed E-state index contributed by atoms with van der Waals surface area (Å²) in [4.78, 5) is 21.2. The van der Waals surface area contributed by atoms with Gasteiger partial charge in [-0.3, -0.25) is 4.79 Å². The van der Waals surface area contributed by atoms with Crippen LogP contribution in [0.15, 0.2) is 54.6 Å². The molecule has 27 heavy (non-hydrogen) atoms. The summed E-state index contributed by atoms with van der Waals surface area (Å²) in [5.74, 6) is 1.50. The average Bonchev–Trinajstić information content (AvgIpc) is 2.67. The second kappa shape index (κ2) is 8.31. The molecule has 3 aromatic rings. The number of para-hydroxylation sites is 2. The monoisotopic (exact) mass is 362 g/mol. The first-order valence-electron chi connectivity index (χ1n) is 8.65. The number of nitrogens with zero attached hydrogens (tertiary/aromatic N) is 2. The molecule has 3 rings (SSSR count). The van der Waals surface area contributed by atoms with Crippen LogP contribution < -0.4 is 15.4 Å². The Hall–Kier alpha value is -3.41. The van der Waals surface area contributed by atoms with Crippen LogP contribution in [0.4, 0.5) is 11.5 Å². The minimum absolute atomic E-state index is 0.244. The van der Waals surface area contributed by atoms with Crippen molar-refractivity contribution in [1.82, 2.24) is 15.3 Å². The number of hydrogen-bond donors (Lipinski definition) is 2. The van der Waals surface area contributed by atoms with E-state index < -0.39 is 0 Å². The van der Waals surface area contributed by atoms with Gasteiger partial charge in [0.15, 0.2) is 0 Å². The number of methoxy groups -OCH3 is 1. The highest BCUT2D eigenvalue weighted by Crippen LogP contribution is 2.26. The summed E-state index contributed by atoms with van der Waals surface area (Å²) >= 11 is 0. The summed E-state index contributed by atoms with van der Waals surface area (Å²) in [5, 5.41) is 6.10. The molecular formula is C21H22N4O2. The van der Waals surface area contributed by atoms with Gasteiger partial charge in [0.25, 0.3) is 5.91 Å². The molecule has 0 saturated carbocycles. The van der Waals surface area contributed by atoms with E-state index in [1.165, 1.54) is 0 Å². The highest BCUT2D eigenvalue weighted by atomic mass is 16.5. The van der Waals surface area contributed by atoms with Gasteiger partial charge in [-0.15, -0.1) is 0 Å². The maximum absolute atomic E-state index is 12.6. The van der Waals surface area contributed by atoms with E-state index in [1.54, 1.807) is 20.1 Å². The van der Waals surface area contributed by atoms with Crippen LogP contribution in [0.5, 0.6) is 5.75 Å². The molecule has 0 aliphatic heterocycles. The Bertz CT molecular complexity index is 956. The fourth-order valence-electron chi connectivity index (χ4n) is 2.71. The van der Waals surface area contributed by atoms with E-state index in [2.05, 4.69) is 20.6 Å². The zero-order valence-electron chi connectivity index (χ0n) is 15.6. The predicted molar refractivity (Wildman–Crippen MR) is 105 cm³/mol. The lowest BCUT2D eigenvalue weighted by molar-refractivity contribution is 0.0945. The Morgan fingerprint density at radius 3 is 2.56 bits per heavy atom. The van der Waals surface area contributed by atoms with Crippen LogP contribution in [0.25, 0.3) is 0 Å². The van der Waals surface area contributed by atoms with Crippen LogP contribution >= 0.6 is 0 Å². The Morgan fingerprint density at radius 2 is 1.78 bits per heavy atom. The normalized spacial score (nSPS) is 10.3. The molecule has 0 radical (unpaired) electrons. The van der Waals surface area contributed by atoms with E-state index >= 15 is 0 Å². The Kier molecular flexibility index (Phi) is 5.66. The molecule has 138 valence electrons. The van der Waals surface area contributed by atoms with Crippen LogP contribution in [0.3, 0.4) is 0 Å². The van der Waals surface area contributed by atoms with Gasteiger partial charge in [0.2, 0.25) is 0 Å². The number of aromatic nitrogens is 2. The quantitative estimate of drug-likeness (QED) is 0.698. The minimum Gasteiger partial charge on any atom is -0.495 e. The zero-order valence-corrected chi connectivity index (χ0v) is 15.6. The third-order valence-corrected chi connectivity index (χ3v) is 4.14. The van der Waals surface area contributed by atoms with Gasteiger partial charge < -0.3 is 15.4 Å². The van der Waals surface area contributed by atoms with Gasteiger partial charge in [0.05, 0.1) is 12.8 Å². The summed E-state index contributed by atoms with van der Waals surface area (Å²) in [7, 11) is 1.61. The molecule has 1 amide bonds. The molecule has 6 nitrogen and oxygen atoms in total. The fourth-order valence-corrected chi connectivity index (χ4v) is 2.71. The molecule has 0 aliphatic rings. The molecule has 2 aromatic carbocycles. The van der Waals surface area contributed by atoms with Crippen molar-refractivity contribution in [2.24, 2.45) is 0 Å². The fraction of sp³-hybridized carbons (Fsp3) is 0.190. The number of carbonyl (C=O) groups excluding carboxylic acids is 1. The van der Waals surface area contributed by atoms with Crippen molar-refractivity contribution >= 4 is 17.4 Å². The highest BCUT2D eigenvalue weighted by Gasteiger charge is 2.12. The number of carbonyl (C=O) groups is 1. The molecule has 0 spiro atoms. The largest absolute Gasteiger partial charge is 0.495 e. The topological polar surface area (TPSA) is 76.1 Å². The van der Waals surface area contributed by atoms with E-state index in [0.29, 0.717) is 29.6 Å². The lowest BCUT2D eigenvalue weighted by Crippen LogP contribution is -2.24. The number of rotatable bonds is 6. The van der Waals surface area contributed by atoms with Gasteiger partial charge in [-0.25, -0.2) is 9.97 Å². The van der Waals surface area contributed by atoms with E-state index in [9.17, 15) is 4.79 Å². The first-order chi connectivity index (χ1) is 13.1. The van der Waals surface area contributed by atoms with Crippen LogP contribution in [0.2, 0.25) is 0 Å². The molecule has 0 atom stereocenters. The van der Waals surface area contributed by atoms with Gasteiger partial charge in [-0.2, -0.15) is 0 Å². The second-order valence-corrected chi connectivity index (χ2v) is 6.12. The van der Waals surface area contributed by atoms with Crippen molar-refractivity contribution in [1.29, 1.82) is 0 Å². The molecule has 0 saturated heterocycles. The van der Waals surface area contributed by atoms with Crippen molar-refractivity contribution in [3.63, 3.8) is 0 Å². The average molecular weight is 362 g/mol. The summed E-state index contributed by atoms with van der Waals surface area (Å²) in [6, 6.07) is 17.1. The number of ether oxygens (including phenoxy) is 1. The van der Waals surface area contributed by atoms with Crippen molar-refractivity contribution in [3.05, 3.63) is 77.2 Å². The second-order valence-electron chi connectivity index (χ2n) is 6.12. The predicted octanol–water partition coefficient (Wildman–Crippen LogP) is 3.78. The van der Waals surface area contributed by atoms with Gasteiger partial charge in [-0.05, 0) is 37.1 Å². The molecule has 0 unspecified atom stereocenters. The SMILES string of the molecule is COc1ccccc1Nc1cc(C(=O)NCc2ccccc2C)nc(C)n1. The van der Waals surface area contributed by atoms with Crippen molar-refractivity contribution < 1.29 is 9.53 Å². The number of hydrogen-bond acceptors (Lipinski definition) is 5. The molecule has 6 heteroatoms. The minimum atomic E-state index is -0.244. The number of amides is 1. The molecule has 2 N–H and O–H groups in total. The van der Waals surface area contributed by atoms with E-state index in [1.807, 2.05) is 55.5 Å². The van der Waals surface area contributed by atoms with Crippen molar-refractivity contribution in [3.8, 4) is 5.75 Å². The molecule has 1 aromatic heterocycles. The summed E-state index contributed by atoms with van der Waals surface area (Å²) in [5.41, 5.74) is 3.29. The summed E-state index contributed by atoms with van der Waals surface area (Å²) in [6.45, 7) is 4.22. The number of anilines is 2.